The number of hydrogen-bond donors (Lipinski definition) is 1. The molecule has 0 saturated heterocycles. The summed E-state index contributed by atoms with van der Waals surface area (Å²) in [5.41, 5.74) is 11.6. The average Bonchev–Trinajstić information content (AvgIpc) is 3.49. The monoisotopic (exact) mass is 594 g/mol. The molecule has 2 unspecified atom stereocenters. The zero-order chi connectivity index (χ0) is 30.6. The number of anilines is 2. The fourth-order valence-electron chi connectivity index (χ4n) is 8.30. The lowest BCUT2D eigenvalue weighted by Crippen LogP contribution is -2.39. The van der Waals surface area contributed by atoms with E-state index in [4.69, 9.17) is 0 Å². The van der Waals surface area contributed by atoms with Gasteiger partial charge in [-0.15, -0.1) is 0 Å². The number of nitrogens with one attached hydrogen (secondary N) is 1. The molecule has 2 heteroatoms. The summed E-state index contributed by atoms with van der Waals surface area (Å²) in [5.74, 6) is 7.48. The highest BCUT2D eigenvalue weighted by Crippen LogP contribution is 2.45. The summed E-state index contributed by atoms with van der Waals surface area (Å²) in [6.45, 7) is 2.20. The van der Waals surface area contributed by atoms with Gasteiger partial charge >= 0.3 is 0 Å². The Morgan fingerprint density at radius 1 is 0.696 bits per heavy atom. The van der Waals surface area contributed by atoms with Gasteiger partial charge in [-0.05, 0) is 100 Å². The van der Waals surface area contributed by atoms with Gasteiger partial charge in [-0.2, -0.15) is 0 Å². The fourth-order valence-corrected chi connectivity index (χ4v) is 8.30. The Balaban J connectivity index is 1.09. The minimum absolute atomic E-state index is 0.122. The van der Waals surface area contributed by atoms with Crippen LogP contribution in [-0.2, 0) is 6.42 Å². The molecule has 9 rings (SSSR count). The third kappa shape index (κ3) is 4.65. The first-order valence-electron chi connectivity index (χ1n) is 17.0. The lowest BCUT2D eigenvalue weighted by atomic mass is 9.82. The maximum Gasteiger partial charge on any atom is 0.126 e. The largest absolute Gasteiger partial charge is 0.360 e. The average molecular weight is 595 g/mol. The molecule has 0 bridgehead atoms. The Bertz CT molecular complexity index is 2190. The van der Waals surface area contributed by atoms with E-state index in [0.29, 0.717) is 6.04 Å². The van der Waals surface area contributed by atoms with Crippen LogP contribution in [0.2, 0.25) is 0 Å². The first kappa shape index (κ1) is 27.3. The molecule has 0 aromatic heterocycles. The van der Waals surface area contributed by atoms with Crippen LogP contribution < -0.4 is 10.2 Å². The molecule has 2 atom stereocenters. The van der Waals surface area contributed by atoms with E-state index in [1.54, 1.807) is 0 Å². The zero-order valence-corrected chi connectivity index (χ0v) is 26.4. The summed E-state index contributed by atoms with van der Waals surface area (Å²) >= 11 is 0. The van der Waals surface area contributed by atoms with Gasteiger partial charge in [0.05, 0.1) is 11.4 Å². The van der Waals surface area contributed by atoms with Crippen molar-refractivity contribution in [3.63, 3.8) is 0 Å². The van der Waals surface area contributed by atoms with E-state index >= 15 is 0 Å². The van der Waals surface area contributed by atoms with E-state index in [-0.39, 0.29) is 12.1 Å². The summed E-state index contributed by atoms with van der Waals surface area (Å²) < 4.78 is 0. The van der Waals surface area contributed by atoms with Gasteiger partial charge in [0.2, 0.25) is 0 Å². The van der Waals surface area contributed by atoms with E-state index < -0.39 is 0 Å². The molecule has 1 heterocycles. The van der Waals surface area contributed by atoms with Crippen molar-refractivity contribution in [3.05, 3.63) is 143 Å². The number of benzene rings is 6. The van der Waals surface area contributed by atoms with Crippen LogP contribution in [0.15, 0.2) is 115 Å². The third-order valence-electron chi connectivity index (χ3n) is 10.6. The van der Waals surface area contributed by atoms with Gasteiger partial charge in [0, 0.05) is 23.1 Å². The van der Waals surface area contributed by atoms with Crippen LogP contribution in [0.25, 0.3) is 32.7 Å². The van der Waals surface area contributed by atoms with Crippen LogP contribution in [0.3, 0.4) is 0 Å². The van der Waals surface area contributed by atoms with Gasteiger partial charge in [-0.3, -0.25) is 0 Å². The van der Waals surface area contributed by atoms with E-state index in [1.165, 1.54) is 98.4 Å². The number of hydrogen-bond acceptors (Lipinski definition) is 2. The highest BCUT2D eigenvalue weighted by Gasteiger charge is 2.35. The Labute approximate surface area is 272 Å². The van der Waals surface area contributed by atoms with Crippen LogP contribution in [0.4, 0.5) is 11.4 Å². The molecule has 0 spiro atoms. The van der Waals surface area contributed by atoms with Crippen LogP contribution >= 0.6 is 0 Å². The van der Waals surface area contributed by atoms with E-state index in [0.717, 1.165) is 12.0 Å². The van der Waals surface area contributed by atoms with E-state index in [1.807, 2.05) is 0 Å². The van der Waals surface area contributed by atoms with Gasteiger partial charge in [0.1, 0.15) is 6.17 Å². The molecule has 224 valence electrons. The van der Waals surface area contributed by atoms with Gasteiger partial charge < -0.3 is 10.2 Å². The molecule has 3 aliphatic rings. The van der Waals surface area contributed by atoms with Gasteiger partial charge in [-0.25, -0.2) is 0 Å². The molecule has 46 heavy (non-hydrogen) atoms. The number of rotatable bonds is 3. The standard InChI is InChI=1S/C44H38N2/c1-29-15-24-40-37(25-29)28-35(19-18-31-17-16-30-9-5-6-12-39(30)43(31)40)32-20-21-34-27-36(23-22-33(34)26-32)44-45-41-13-7-8-14-42(41)46(44)38-10-3-2-4-11-38/h5-9,12-17,20-27,35,38,44-45H,2-4,10-11,28H2,1H3. The molecule has 0 radical (unpaired) electrons. The molecule has 6 aromatic rings. The van der Waals surface area contributed by atoms with Gasteiger partial charge in [-0.1, -0.05) is 122 Å². The summed E-state index contributed by atoms with van der Waals surface area (Å²) in [7, 11) is 0. The lowest BCUT2D eigenvalue weighted by Gasteiger charge is -2.37. The molecular formula is C44H38N2. The minimum Gasteiger partial charge on any atom is -0.360 e. The summed E-state index contributed by atoms with van der Waals surface area (Å²) in [6.07, 6.45) is 7.63. The molecule has 2 aliphatic carbocycles. The highest BCUT2D eigenvalue weighted by molar-refractivity contribution is 6.00. The van der Waals surface area contributed by atoms with Crippen molar-refractivity contribution < 1.29 is 0 Å². The molecule has 1 aliphatic heterocycles. The molecule has 6 aromatic carbocycles. The Morgan fingerprint density at radius 3 is 2.35 bits per heavy atom. The topological polar surface area (TPSA) is 15.3 Å². The Hall–Kier alpha value is -5.00. The summed E-state index contributed by atoms with van der Waals surface area (Å²) in [5, 5.41) is 8.99. The normalized spacial score (nSPS) is 18.9. The van der Waals surface area contributed by atoms with Crippen LogP contribution in [0, 0.1) is 18.8 Å². The summed E-state index contributed by atoms with van der Waals surface area (Å²) in [6, 6.07) is 43.6. The van der Waals surface area contributed by atoms with Gasteiger partial charge in [0.25, 0.3) is 0 Å². The number of fused-ring (bicyclic) bond motifs is 7. The highest BCUT2D eigenvalue weighted by atomic mass is 15.3. The van der Waals surface area contributed by atoms with E-state index in [9.17, 15) is 0 Å². The quantitative estimate of drug-likeness (QED) is 0.205. The van der Waals surface area contributed by atoms with Crippen LogP contribution in [0.1, 0.15) is 72.0 Å². The van der Waals surface area contributed by atoms with Crippen molar-refractivity contribution in [2.24, 2.45) is 0 Å². The Kier molecular flexibility index (Phi) is 6.60. The zero-order valence-electron chi connectivity index (χ0n) is 26.4. The number of aryl methyl sites for hydroxylation is 1. The number of nitrogens with zero attached hydrogens (tertiary/aromatic N) is 1. The molecule has 2 nitrogen and oxygen atoms in total. The summed E-state index contributed by atoms with van der Waals surface area (Å²) in [4.78, 5) is 2.68. The minimum atomic E-state index is 0.122. The molecule has 1 N–H and O–H groups in total. The SMILES string of the molecule is Cc1ccc2c(c1)CC(c1ccc3cc(C4Nc5ccccc5N4C4CCCCC4)ccc3c1)C#Cc1ccc3ccccc3c1-2. The molecule has 0 amide bonds. The second-order valence-electron chi connectivity index (χ2n) is 13.5. The maximum atomic E-state index is 3.88. The Morgan fingerprint density at radius 2 is 1.46 bits per heavy atom. The smallest absolute Gasteiger partial charge is 0.126 e. The van der Waals surface area contributed by atoms with Crippen molar-refractivity contribution in [1.29, 1.82) is 0 Å². The number of para-hydroxylation sites is 2. The second kappa shape index (κ2) is 11.1. The molecular weight excluding hydrogens is 556 g/mol. The van der Waals surface area contributed by atoms with Crippen LogP contribution in [0.5, 0.6) is 0 Å². The maximum absolute atomic E-state index is 3.88. The fraction of sp³-hybridized carbons (Fsp3) is 0.227. The van der Waals surface area contributed by atoms with Gasteiger partial charge in [0.15, 0.2) is 0 Å². The van der Waals surface area contributed by atoms with Crippen molar-refractivity contribution in [2.75, 3.05) is 10.2 Å². The first-order valence-corrected chi connectivity index (χ1v) is 17.0. The molecule has 1 saturated carbocycles. The van der Waals surface area contributed by atoms with Crippen LogP contribution in [-0.4, -0.2) is 6.04 Å². The van der Waals surface area contributed by atoms with Crippen molar-refractivity contribution in [1.82, 2.24) is 0 Å². The predicted octanol–water partition coefficient (Wildman–Crippen LogP) is 10.9. The van der Waals surface area contributed by atoms with Crippen molar-refractivity contribution >= 4 is 32.9 Å². The first-order chi connectivity index (χ1) is 22.7. The van der Waals surface area contributed by atoms with E-state index in [2.05, 4.69) is 144 Å². The second-order valence-corrected chi connectivity index (χ2v) is 13.5. The predicted molar refractivity (Wildman–Crippen MR) is 194 cm³/mol. The van der Waals surface area contributed by atoms with Crippen molar-refractivity contribution in [3.8, 4) is 23.0 Å². The molecule has 1 fully saturated rings. The third-order valence-corrected chi connectivity index (χ3v) is 10.6. The lowest BCUT2D eigenvalue weighted by molar-refractivity contribution is 0.403. The van der Waals surface area contributed by atoms with Crippen molar-refractivity contribution in [2.45, 2.75) is 63.6 Å².